The zero-order valence-corrected chi connectivity index (χ0v) is 11.5. The number of benzene rings is 1. The molecule has 1 aromatic rings. The van der Waals surface area contributed by atoms with Crippen LogP contribution in [0.15, 0.2) is 11.5 Å². The third kappa shape index (κ3) is 2.12. The van der Waals surface area contributed by atoms with Crippen LogP contribution in [-0.2, 0) is 10.3 Å². The lowest BCUT2D eigenvalue weighted by Gasteiger charge is -2.36. The van der Waals surface area contributed by atoms with Crippen LogP contribution in [0.5, 0.6) is 0 Å². The zero-order valence-electron chi connectivity index (χ0n) is 10.7. The first-order valence-electron chi connectivity index (χ1n) is 5.93. The highest BCUT2D eigenvalue weighted by molar-refractivity contribution is 6.65. The van der Waals surface area contributed by atoms with Crippen molar-refractivity contribution >= 4 is 78.5 Å². The van der Waals surface area contributed by atoms with Crippen LogP contribution in [0.1, 0.15) is 18.4 Å². The number of ketones is 1. The second kappa shape index (κ2) is 5.20. The third-order valence-corrected chi connectivity index (χ3v) is 4.00. The molecule has 0 saturated carbocycles. The second-order valence-electron chi connectivity index (χ2n) is 4.84. The highest BCUT2D eigenvalue weighted by atomic mass is 35.5. The van der Waals surface area contributed by atoms with E-state index in [-0.39, 0.29) is 37.9 Å². The Kier molecular flexibility index (Phi) is 4.05. The lowest BCUT2D eigenvalue weighted by atomic mass is 9.60. The van der Waals surface area contributed by atoms with Crippen molar-refractivity contribution in [2.24, 2.45) is 5.73 Å². The van der Waals surface area contributed by atoms with Crippen molar-refractivity contribution < 1.29 is 4.79 Å². The summed E-state index contributed by atoms with van der Waals surface area (Å²) < 4.78 is 0. The van der Waals surface area contributed by atoms with E-state index in [1.165, 1.54) is 0 Å². The van der Waals surface area contributed by atoms with Gasteiger partial charge in [0.2, 0.25) is 0 Å². The monoisotopic (exact) mass is 271 g/mol. The first-order valence-corrected chi connectivity index (χ1v) is 6.30. The fraction of sp³-hybridized carbons (Fsp3) is 0.250. The van der Waals surface area contributed by atoms with Crippen molar-refractivity contribution in [2.45, 2.75) is 18.4 Å². The average Bonchev–Trinajstić information content (AvgIpc) is 2.40. The van der Waals surface area contributed by atoms with E-state index >= 15 is 0 Å². The Morgan fingerprint density at radius 1 is 1.05 bits per heavy atom. The summed E-state index contributed by atoms with van der Waals surface area (Å²) >= 11 is 6.18. The van der Waals surface area contributed by atoms with E-state index in [4.69, 9.17) is 56.6 Å². The summed E-state index contributed by atoms with van der Waals surface area (Å²) in [7, 11) is 28.9. The van der Waals surface area contributed by atoms with E-state index in [0.717, 1.165) is 0 Å². The molecule has 0 aromatic heterocycles. The topological polar surface area (TPSA) is 43.1 Å². The van der Waals surface area contributed by atoms with Gasteiger partial charge in [-0.25, -0.2) is 0 Å². The molecule has 0 fully saturated rings. The molecule has 1 atom stereocenters. The number of carbonyl (C=O) groups excluding carboxylic acids is 1. The Balaban J connectivity index is 2.77. The summed E-state index contributed by atoms with van der Waals surface area (Å²) in [5, 5.41) is 0.0414. The van der Waals surface area contributed by atoms with E-state index in [1.54, 1.807) is 6.08 Å². The zero-order chi connectivity index (χ0) is 15.2. The summed E-state index contributed by atoms with van der Waals surface area (Å²) in [6, 6.07) is 0. The Hall–Kier alpha value is -0.795. The lowest BCUT2D eigenvalue weighted by molar-refractivity contribution is -0.120. The van der Waals surface area contributed by atoms with Gasteiger partial charge in [-0.15, -0.1) is 10.9 Å². The summed E-state index contributed by atoms with van der Waals surface area (Å²) in [5.41, 5.74) is 5.28. The molecule has 1 aliphatic carbocycles. The standard InChI is InChI=1S/C12H7B5ClNO/c13-4-2-1-3-12(19,11(4)20)5-6(14)7(15)8(16)9(17)10(5)18/h2H,1,3,19H2. The highest BCUT2D eigenvalue weighted by Gasteiger charge is 2.40. The van der Waals surface area contributed by atoms with Gasteiger partial charge < -0.3 is 5.73 Å². The summed E-state index contributed by atoms with van der Waals surface area (Å²) in [4.78, 5) is 12.3. The Bertz CT molecular complexity index is 616. The van der Waals surface area contributed by atoms with Gasteiger partial charge in [-0.3, -0.25) is 4.79 Å². The molecule has 0 heterocycles. The minimum atomic E-state index is -1.45. The Morgan fingerprint density at radius 3 is 2.20 bits per heavy atom. The smallest absolute Gasteiger partial charge is 0.172 e. The van der Waals surface area contributed by atoms with Crippen molar-refractivity contribution in [1.82, 2.24) is 0 Å². The van der Waals surface area contributed by atoms with Crippen molar-refractivity contribution in [2.75, 3.05) is 0 Å². The summed E-state index contributed by atoms with van der Waals surface area (Å²) in [6.45, 7) is 0. The van der Waals surface area contributed by atoms with E-state index < -0.39 is 11.3 Å². The van der Waals surface area contributed by atoms with Crippen LogP contribution in [0.3, 0.4) is 0 Å². The summed E-state index contributed by atoms with van der Waals surface area (Å²) in [5.74, 6) is -0.457. The van der Waals surface area contributed by atoms with E-state index in [0.29, 0.717) is 12.8 Å². The predicted molar refractivity (Wildman–Crippen MR) is 86.9 cm³/mol. The van der Waals surface area contributed by atoms with Crippen LogP contribution in [0, 0.1) is 0 Å². The van der Waals surface area contributed by atoms with Crippen LogP contribution in [-0.4, -0.2) is 45.0 Å². The minimum absolute atomic E-state index is 0.0414. The molecule has 0 bridgehead atoms. The third-order valence-electron chi connectivity index (χ3n) is 3.61. The van der Waals surface area contributed by atoms with Gasteiger partial charge in [0, 0.05) is 5.02 Å². The van der Waals surface area contributed by atoms with E-state index in [9.17, 15) is 4.79 Å². The molecule has 2 nitrogen and oxygen atoms in total. The average molecular weight is 271 g/mol. The Labute approximate surface area is 129 Å². The molecule has 0 amide bonds. The SMILES string of the molecule is [B]C1=CCCC(N)(c2c([B])c([B])c([B])c([B])c2Cl)C1=O. The molecule has 2 N–H and O–H groups in total. The quantitative estimate of drug-likeness (QED) is 0.556. The van der Waals surface area contributed by atoms with Crippen LogP contribution < -0.4 is 27.6 Å². The molecule has 88 valence electrons. The maximum atomic E-state index is 12.3. The molecule has 1 unspecified atom stereocenters. The molecule has 10 radical (unpaired) electrons. The molecular formula is C12H7B5ClNO. The van der Waals surface area contributed by atoms with Gasteiger partial charge in [0.15, 0.2) is 5.78 Å². The Morgan fingerprint density at radius 2 is 1.60 bits per heavy atom. The number of hydrogen-bond acceptors (Lipinski definition) is 2. The molecule has 1 aromatic carbocycles. The molecule has 20 heavy (non-hydrogen) atoms. The van der Waals surface area contributed by atoms with Gasteiger partial charge in [-0.1, -0.05) is 34.1 Å². The normalized spacial score (nSPS) is 22.7. The number of nitrogens with two attached hydrogens (primary N) is 1. The molecule has 1 aliphatic rings. The number of Topliss-reactive ketones (excluding diaryl/α,β-unsaturated/α-hetero) is 1. The molecular weight excluding hydrogens is 264 g/mol. The van der Waals surface area contributed by atoms with E-state index in [2.05, 4.69) is 0 Å². The van der Waals surface area contributed by atoms with Crippen molar-refractivity contribution in [3.05, 3.63) is 22.1 Å². The number of rotatable bonds is 1. The van der Waals surface area contributed by atoms with Crippen LogP contribution in [0.25, 0.3) is 0 Å². The molecule has 2 rings (SSSR count). The van der Waals surface area contributed by atoms with Gasteiger partial charge in [-0.2, -0.15) is 0 Å². The maximum absolute atomic E-state index is 12.3. The maximum Gasteiger partial charge on any atom is 0.172 e. The van der Waals surface area contributed by atoms with Crippen LogP contribution in [0.2, 0.25) is 5.02 Å². The van der Waals surface area contributed by atoms with Gasteiger partial charge in [0.1, 0.15) is 44.8 Å². The second-order valence-corrected chi connectivity index (χ2v) is 5.22. The molecule has 0 saturated heterocycles. The van der Waals surface area contributed by atoms with Crippen molar-refractivity contribution in [1.29, 1.82) is 0 Å². The van der Waals surface area contributed by atoms with Gasteiger partial charge in [0.05, 0.1) is 0 Å². The van der Waals surface area contributed by atoms with Crippen LogP contribution in [0.4, 0.5) is 0 Å². The minimum Gasteiger partial charge on any atom is -0.315 e. The molecule has 8 heteroatoms. The predicted octanol–water partition coefficient (Wildman–Crippen LogP) is -2.92. The molecule has 0 aliphatic heterocycles. The van der Waals surface area contributed by atoms with Crippen molar-refractivity contribution in [3.63, 3.8) is 0 Å². The highest BCUT2D eigenvalue weighted by Crippen LogP contribution is 2.32. The number of halogens is 1. The van der Waals surface area contributed by atoms with Gasteiger partial charge in [0.25, 0.3) is 0 Å². The fourth-order valence-electron chi connectivity index (χ4n) is 2.39. The lowest BCUT2D eigenvalue weighted by Crippen LogP contribution is -2.57. The number of allylic oxidation sites excluding steroid dienone is 1. The van der Waals surface area contributed by atoms with E-state index in [1.807, 2.05) is 0 Å². The largest absolute Gasteiger partial charge is 0.315 e. The van der Waals surface area contributed by atoms with Gasteiger partial charge in [-0.05, 0) is 18.4 Å². The first-order chi connectivity index (χ1) is 9.21. The van der Waals surface area contributed by atoms with Crippen LogP contribution >= 0.6 is 11.6 Å². The fourth-order valence-corrected chi connectivity index (χ4v) is 2.76. The molecule has 0 spiro atoms. The summed E-state index contributed by atoms with van der Waals surface area (Å²) in [6.07, 6.45) is 2.44. The van der Waals surface area contributed by atoms with Crippen molar-refractivity contribution in [3.8, 4) is 0 Å². The number of hydrogen-bond donors (Lipinski definition) is 1. The van der Waals surface area contributed by atoms with Gasteiger partial charge >= 0.3 is 0 Å². The number of carbonyl (C=O) groups is 1. The first kappa shape index (κ1) is 15.6.